The van der Waals surface area contributed by atoms with Crippen molar-refractivity contribution in [1.82, 2.24) is 10.2 Å². The molecule has 100 valence electrons. The molecule has 0 unspecified atom stereocenters. The molecule has 1 aromatic rings. The molecule has 1 amide bonds. The number of fused-ring (bicyclic) bond motifs is 1. The first-order valence-electron chi connectivity index (χ1n) is 5.95. The Bertz CT molecular complexity index is 427. The number of amides is 1. The summed E-state index contributed by atoms with van der Waals surface area (Å²) in [6, 6.07) is 4.04. The van der Waals surface area contributed by atoms with E-state index in [1.165, 1.54) is 0 Å². The lowest BCUT2D eigenvalue weighted by Crippen LogP contribution is -2.32. The van der Waals surface area contributed by atoms with E-state index < -0.39 is 0 Å². The van der Waals surface area contributed by atoms with Crippen LogP contribution in [0.15, 0.2) is 15.9 Å². The molecular formula is C12H16BrClN2OS. The zero-order chi connectivity index (χ0) is 11.8. The Balaban J connectivity index is 0.00000120. The molecule has 0 spiro atoms. The van der Waals surface area contributed by atoms with Gasteiger partial charge in [-0.25, -0.2) is 0 Å². The number of halogens is 2. The van der Waals surface area contributed by atoms with Crippen molar-refractivity contribution < 1.29 is 4.79 Å². The second kappa shape index (κ2) is 5.90. The second-order valence-corrected chi connectivity index (χ2v) is 7.41. The van der Waals surface area contributed by atoms with Crippen LogP contribution < -0.4 is 5.32 Å². The summed E-state index contributed by atoms with van der Waals surface area (Å²) in [6.07, 6.45) is 0.559. The Kier molecular flexibility index (Phi) is 4.69. The van der Waals surface area contributed by atoms with Crippen LogP contribution in [0.5, 0.6) is 0 Å². The average molecular weight is 352 g/mol. The van der Waals surface area contributed by atoms with Crippen LogP contribution >= 0.6 is 39.7 Å². The first-order chi connectivity index (χ1) is 8.22. The summed E-state index contributed by atoms with van der Waals surface area (Å²) in [5, 5.41) is 3.39. The summed E-state index contributed by atoms with van der Waals surface area (Å²) in [5.74, 6) is 1.66. The fourth-order valence-electron chi connectivity index (χ4n) is 2.77. The van der Waals surface area contributed by atoms with Gasteiger partial charge in [0.2, 0.25) is 5.91 Å². The largest absolute Gasteiger partial charge is 0.342 e. The van der Waals surface area contributed by atoms with Crippen molar-refractivity contribution in [2.24, 2.45) is 11.8 Å². The molecule has 3 heterocycles. The van der Waals surface area contributed by atoms with E-state index in [0.717, 1.165) is 34.8 Å². The minimum atomic E-state index is 0. The average Bonchev–Trinajstić information content (AvgIpc) is 2.92. The van der Waals surface area contributed by atoms with Crippen LogP contribution in [0.4, 0.5) is 0 Å². The second-order valence-electron chi connectivity index (χ2n) is 4.86. The van der Waals surface area contributed by atoms with Crippen LogP contribution in [0.1, 0.15) is 4.88 Å². The number of nitrogens with zero attached hydrogens (tertiary/aromatic N) is 1. The molecule has 0 aromatic carbocycles. The normalized spacial score (nSPS) is 25.9. The van der Waals surface area contributed by atoms with Crippen molar-refractivity contribution in [3.8, 4) is 0 Å². The van der Waals surface area contributed by atoms with Crippen molar-refractivity contribution in [3.05, 3.63) is 20.8 Å². The number of carbonyl (C=O) groups is 1. The minimum absolute atomic E-state index is 0. The molecule has 0 aliphatic carbocycles. The van der Waals surface area contributed by atoms with Crippen molar-refractivity contribution in [2.75, 3.05) is 26.2 Å². The van der Waals surface area contributed by atoms with Crippen LogP contribution in [0, 0.1) is 11.8 Å². The standard InChI is InChI=1S/C12H15BrN2OS.ClH/c13-11-2-1-10(17-11)3-12(16)15-6-8-4-14-5-9(8)7-15;/h1-2,8-9,14H,3-7H2;1H/t8-,9+;. The number of nitrogens with one attached hydrogen (secondary N) is 1. The Morgan fingerprint density at radius 3 is 2.61 bits per heavy atom. The van der Waals surface area contributed by atoms with E-state index in [2.05, 4.69) is 21.2 Å². The number of thiophene rings is 1. The van der Waals surface area contributed by atoms with E-state index in [1.807, 2.05) is 17.0 Å². The summed E-state index contributed by atoms with van der Waals surface area (Å²) in [5.41, 5.74) is 0. The van der Waals surface area contributed by atoms with Gasteiger partial charge in [-0.15, -0.1) is 23.7 Å². The smallest absolute Gasteiger partial charge is 0.227 e. The van der Waals surface area contributed by atoms with Gasteiger partial charge < -0.3 is 10.2 Å². The monoisotopic (exact) mass is 350 g/mol. The lowest BCUT2D eigenvalue weighted by atomic mass is 10.0. The first kappa shape index (κ1) is 14.3. The van der Waals surface area contributed by atoms with E-state index in [4.69, 9.17) is 0 Å². The molecule has 2 fully saturated rings. The van der Waals surface area contributed by atoms with Gasteiger partial charge in [0.25, 0.3) is 0 Å². The molecule has 18 heavy (non-hydrogen) atoms. The minimum Gasteiger partial charge on any atom is -0.342 e. The van der Waals surface area contributed by atoms with Crippen molar-refractivity contribution in [3.63, 3.8) is 0 Å². The quantitative estimate of drug-likeness (QED) is 0.885. The summed E-state index contributed by atoms with van der Waals surface area (Å²) >= 11 is 5.08. The van der Waals surface area contributed by atoms with E-state index in [0.29, 0.717) is 18.3 Å². The molecule has 2 aliphatic rings. The highest BCUT2D eigenvalue weighted by molar-refractivity contribution is 9.11. The Hall–Kier alpha value is -0.100. The maximum absolute atomic E-state index is 12.2. The molecule has 2 atom stereocenters. The maximum Gasteiger partial charge on any atom is 0.227 e. The predicted molar refractivity (Wildman–Crippen MR) is 79.4 cm³/mol. The molecule has 2 saturated heterocycles. The van der Waals surface area contributed by atoms with Crippen LogP contribution in [0.2, 0.25) is 0 Å². The van der Waals surface area contributed by atoms with Crippen LogP contribution in [0.25, 0.3) is 0 Å². The molecule has 3 nitrogen and oxygen atoms in total. The molecule has 0 saturated carbocycles. The van der Waals surface area contributed by atoms with Gasteiger partial charge in [-0.05, 0) is 39.9 Å². The Labute approximate surface area is 125 Å². The maximum atomic E-state index is 12.2. The molecule has 1 N–H and O–H groups in total. The molecule has 2 aliphatic heterocycles. The van der Waals surface area contributed by atoms with Gasteiger partial charge in [-0.2, -0.15) is 0 Å². The van der Waals surface area contributed by atoms with E-state index >= 15 is 0 Å². The van der Waals surface area contributed by atoms with Gasteiger partial charge in [0, 0.05) is 31.1 Å². The number of carbonyl (C=O) groups excluding carboxylic acids is 1. The molecule has 3 rings (SSSR count). The SMILES string of the molecule is Cl.O=C(Cc1ccc(Br)s1)N1C[C@H]2CNC[C@H]2C1. The lowest BCUT2D eigenvalue weighted by Gasteiger charge is -2.16. The third-order valence-corrected chi connectivity index (χ3v) is 5.32. The van der Waals surface area contributed by atoms with Gasteiger partial charge in [-0.3, -0.25) is 4.79 Å². The molecule has 0 bridgehead atoms. The molecule has 0 radical (unpaired) electrons. The van der Waals surface area contributed by atoms with Crippen LogP contribution in [0.3, 0.4) is 0 Å². The predicted octanol–water partition coefficient (Wildman–Crippen LogP) is 2.15. The van der Waals surface area contributed by atoms with Gasteiger partial charge in [-0.1, -0.05) is 0 Å². The van der Waals surface area contributed by atoms with Crippen molar-refractivity contribution in [1.29, 1.82) is 0 Å². The van der Waals surface area contributed by atoms with E-state index in [-0.39, 0.29) is 18.3 Å². The summed E-state index contributed by atoms with van der Waals surface area (Å²) in [4.78, 5) is 15.3. The zero-order valence-electron chi connectivity index (χ0n) is 9.89. The number of likely N-dealkylation sites (tertiary alicyclic amines) is 1. The topological polar surface area (TPSA) is 32.3 Å². The third kappa shape index (κ3) is 2.90. The summed E-state index contributed by atoms with van der Waals surface area (Å²) in [7, 11) is 0. The first-order valence-corrected chi connectivity index (χ1v) is 7.56. The molecule has 1 aromatic heterocycles. The van der Waals surface area contributed by atoms with E-state index in [9.17, 15) is 4.79 Å². The summed E-state index contributed by atoms with van der Waals surface area (Å²) < 4.78 is 1.10. The van der Waals surface area contributed by atoms with Crippen LogP contribution in [-0.2, 0) is 11.2 Å². The molecular weight excluding hydrogens is 336 g/mol. The number of rotatable bonds is 2. The highest BCUT2D eigenvalue weighted by Crippen LogP contribution is 2.28. The zero-order valence-corrected chi connectivity index (χ0v) is 13.1. The third-order valence-electron chi connectivity index (χ3n) is 3.70. The van der Waals surface area contributed by atoms with Gasteiger partial charge in [0.1, 0.15) is 0 Å². The fraction of sp³-hybridized carbons (Fsp3) is 0.583. The Morgan fingerprint density at radius 2 is 2.06 bits per heavy atom. The Morgan fingerprint density at radius 1 is 1.39 bits per heavy atom. The van der Waals surface area contributed by atoms with Gasteiger partial charge in [0.05, 0.1) is 10.2 Å². The van der Waals surface area contributed by atoms with E-state index in [1.54, 1.807) is 11.3 Å². The van der Waals surface area contributed by atoms with Gasteiger partial charge >= 0.3 is 0 Å². The number of hydrogen-bond acceptors (Lipinski definition) is 3. The summed E-state index contributed by atoms with van der Waals surface area (Å²) in [6.45, 7) is 4.06. The lowest BCUT2D eigenvalue weighted by molar-refractivity contribution is -0.129. The highest BCUT2D eigenvalue weighted by atomic mass is 79.9. The number of hydrogen-bond donors (Lipinski definition) is 1. The highest BCUT2D eigenvalue weighted by Gasteiger charge is 2.37. The van der Waals surface area contributed by atoms with Gasteiger partial charge in [0.15, 0.2) is 0 Å². The fourth-order valence-corrected chi connectivity index (χ4v) is 4.24. The molecule has 6 heteroatoms. The van der Waals surface area contributed by atoms with Crippen molar-refractivity contribution >= 4 is 45.6 Å². The van der Waals surface area contributed by atoms with Crippen LogP contribution in [-0.4, -0.2) is 37.0 Å². The van der Waals surface area contributed by atoms with Crippen molar-refractivity contribution in [2.45, 2.75) is 6.42 Å².